The fraction of sp³-hybridized carbons (Fsp3) is 0.182. The molecule has 142 valence electrons. The molecule has 2 aromatic heterocycles. The van der Waals surface area contributed by atoms with Crippen LogP contribution in [0.3, 0.4) is 0 Å². The van der Waals surface area contributed by atoms with Gasteiger partial charge in [-0.15, -0.1) is 0 Å². The first-order valence-corrected chi connectivity index (χ1v) is 9.33. The molecule has 0 saturated heterocycles. The number of aromatic amines is 1. The molecular weight excluding hydrogens is 353 g/mol. The van der Waals surface area contributed by atoms with E-state index in [0.29, 0.717) is 12.5 Å². The lowest BCUT2D eigenvalue weighted by atomic mass is 10.1. The second-order valence-electron chi connectivity index (χ2n) is 6.72. The zero-order chi connectivity index (χ0) is 19.3. The lowest BCUT2D eigenvalue weighted by Gasteiger charge is -2.15. The topological polar surface area (TPSA) is 65.6 Å². The van der Waals surface area contributed by atoms with E-state index in [2.05, 4.69) is 44.6 Å². The molecule has 1 atom stereocenters. The predicted molar refractivity (Wildman–Crippen MR) is 111 cm³/mol. The van der Waals surface area contributed by atoms with E-state index in [1.54, 1.807) is 18.3 Å². The van der Waals surface area contributed by atoms with Crippen LogP contribution in [0.4, 0.5) is 16.2 Å². The van der Waals surface area contributed by atoms with Crippen LogP contribution in [0.1, 0.15) is 24.1 Å². The van der Waals surface area contributed by atoms with Crippen LogP contribution in [-0.2, 0) is 6.42 Å². The molecule has 0 spiro atoms. The van der Waals surface area contributed by atoms with E-state index in [1.807, 2.05) is 30.5 Å². The van der Waals surface area contributed by atoms with Crippen LogP contribution < -0.4 is 10.6 Å². The monoisotopic (exact) mass is 375 g/mol. The Morgan fingerprint density at radius 2 is 1.96 bits per heavy atom. The Labute approximate surface area is 163 Å². The number of hydrogen-bond acceptors (Lipinski definition) is 4. The van der Waals surface area contributed by atoms with Crippen LogP contribution in [0, 0.1) is 5.82 Å². The summed E-state index contributed by atoms with van der Waals surface area (Å²) in [5.41, 5.74) is 3.20. The van der Waals surface area contributed by atoms with E-state index in [9.17, 15) is 4.39 Å². The smallest absolute Gasteiger partial charge is 0.224 e. The molecule has 2 aromatic carbocycles. The summed E-state index contributed by atoms with van der Waals surface area (Å²) in [6, 6.07) is 17.0. The minimum Gasteiger partial charge on any atom is -0.363 e. The zero-order valence-corrected chi connectivity index (χ0v) is 15.6. The third-order valence-electron chi connectivity index (χ3n) is 4.73. The van der Waals surface area contributed by atoms with Gasteiger partial charge in [0.25, 0.3) is 0 Å². The van der Waals surface area contributed by atoms with Crippen molar-refractivity contribution in [3.05, 3.63) is 83.9 Å². The second-order valence-corrected chi connectivity index (χ2v) is 6.72. The summed E-state index contributed by atoms with van der Waals surface area (Å²) >= 11 is 0. The fourth-order valence-electron chi connectivity index (χ4n) is 3.24. The molecule has 4 rings (SSSR count). The molecule has 0 fully saturated rings. The van der Waals surface area contributed by atoms with Gasteiger partial charge in [0.15, 0.2) is 0 Å². The first-order chi connectivity index (χ1) is 13.7. The zero-order valence-electron chi connectivity index (χ0n) is 15.6. The van der Waals surface area contributed by atoms with Gasteiger partial charge < -0.3 is 15.6 Å². The fourth-order valence-corrected chi connectivity index (χ4v) is 3.24. The number of aromatic nitrogens is 3. The average Bonchev–Trinajstić information content (AvgIpc) is 3.11. The molecule has 28 heavy (non-hydrogen) atoms. The Kier molecular flexibility index (Phi) is 5.19. The van der Waals surface area contributed by atoms with Crippen molar-refractivity contribution in [3.63, 3.8) is 0 Å². The molecule has 0 aliphatic carbocycles. The quantitative estimate of drug-likeness (QED) is 0.429. The van der Waals surface area contributed by atoms with Crippen molar-refractivity contribution in [2.75, 3.05) is 17.2 Å². The molecule has 0 saturated carbocycles. The van der Waals surface area contributed by atoms with Gasteiger partial charge in [-0.2, -0.15) is 4.98 Å². The lowest BCUT2D eigenvalue weighted by Crippen LogP contribution is -2.11. The lowest BCUT2D eigenvalue weighted by molar-refractivity contribution is 0.629. The van der Waals surface area contributed by atoms with Crippen LogP contribution >= 0.6 is 0 Å². The first-order valence-electron chi connectivity index (χ1n) is 9.33. The minimum atomic E-state index is -0.226. The van der Waals surface area contributed by atoms with Gasteiger partial charge in [-0.3, -0.25) is 0 Å². The maximum Gasteiger partial charge on any atom is 0.224 e. The van der Waals surface area contributed by atoms with Gasteiger partial charge in [-0.1, -0.05) is 30.3 Å². The SMILES string of the molecule is CC(Nc1ccnc(NCCc2c[nH]c3ccc(F)cc23)n1)c1ccccc1. The molecular formula is C22H22FN5. The van der Waals surface area contributed by atoms with E-state index in [0.717, 1.165) is 28.7 Å². The molecule has 0 amide bonds. The van der Waals surface area contributed by atoms with Crippen molar-refractivity contribution < 1.29 is 4.39 Å². The van der Waals surface area contributed by atoms with E-state index < -0.39 is 0 Å². The number of rotatable bonds is 7. The summed E-state index contributed by atoms with van der Waals surface area (Å²) in [7, 11) is 0. The van der Waals surface area contributed by atoms with Crippen molar-refractivity contribution >= 4 is 22.7 Å². The molecule has 6 heteroatoms. The van der Waals surface area contributed by atoms with Gasteiger partial charge >= 0.3 is 0 Å². The number of nitrogens with one attached hydrogen (secondary N) is 3. The normalized spacial score (nSPS) is 12.1. The third-order valence-corrected chi connectivity index (χ3v) is 4.73. The molecule has 0 aliphatic rings. The van der Waals surface area contributed by atoms with Crippen molar-refractivity contribution in [3.8, 4) is 0 Å². The molecule has 0 radical (unpaired) electrons. The van der Waals surface area contributed by atoms with Crippen molar-refractivity contribution in [2.45, 2.75) is 19.4 Å². The Hall–Kier alpha value is -3.41. The maximum atomic E-state index is 13.5. The summed E-state index contributed by atoms with van der Waals surface area (Å²) < 4.78 is 13.5. The van der Waals surface area contributed by atoms with Gasteiger partial charge in [-0.05, 0) is 48.7 Å². The largest absolute Gasteiger partial charge is 0.363 e. The molecule has 3 N–H and O–H groups in total. The summed E-state index contributed by atoms with van der Waals surface area (Å²) in [6.45, 7) is 2.75. The van der Waals surface area contributed by atoms with Crippen LogP contribution in [-0.4, -0.2) is 21.5 Å². The first kappa shape index (κ1) is 18.0. The van der Waals surface area contributed by atoms with E-state index in [1.165, 1.54) is 11.6 Å². The summed E-state index contributed by atoms with van der Waals surface area (Å²) in [4.78, 5) is 12.0. The predicted octanol–water partition coefficient (Wildman–Crippen LogP) is 4.92. The van der Waals surface area contributed by atoms with Crippen LogP contribution in [0.25, 0.3) is 10.9 Å². The van der Waals surface area contributed by atoms with Crippen LogP contribution in [0.5, 0.6) is 0 Å². The highest BCUT2D eigenvalue weighted by Gasteiger charge is 2.08. The highest BCUT2D eigenvalue weighted by Crippen LogP contribution is 2.20. The standard InChI is InChI=1S/C22H22FN5/c1-15(16-5-3-2-4-6-16)27-21-10-12-25-22(28-21)24-11-9-17-14-26-20-8-7-18(23)13-19(17)20/h2-8,10,12-15,26H,9,11H2,1H3,(H2,24,25,27,28). The Bertz CT molecular complexity index is 1060. The average molecular weight is 375 g/mol. The number of H-pyrrole nitrogens is 1. The Balaban J connectivity index is 1.37. The van der Waals surface area contributed by atoms with Crippen molar-refractivity contribution in [1.29, 1.82) is 0 Å². The molecule has 2 heterocycles. The number of halogens is 1. The molecule has 0 aliphatic heterocycles. The van der Waals surface area contributed by atoms with Gasteiger partial charge in [0.05, 0.1) is 0 Å². The third kappa shape index (κ3) is 4.11. The molecule has 4 aromatic rings. The van der Waals surface area contributed by atoms with Gasteiger partial charge in [0.1, 0.15) is 11.6 Å². The number of hydrogen-bond donors (Lipinski definition) is 3. The van der Waals surface area contributed by atoms with E-state index >= 15 is 0 Å². The number of benzene rings is 2. The number of nitrogens with zero attached hydrogens (tertiary/aromatic N) is 2. The Morgan fingerprint density at radius 3 is 2.82 bits per heavy atom. The highest BCUT2D eigenvalue weighted by molar-refractivity contribution is 5.83. The van der Waals surface area contributed by atoms with Crippen LogP contribution in [0.2, 0.25) is 0 Å². The second kappa shape index (κ2) is 8.08. The van der Waals surface area contributed by atoms with Gasteiger partial charge in [0, 0.05) is 35.9 Å². The van der Waals surface area contributed by atoms with E-state index in [4.69, 9.17) is 0 Å². The Morgan fingerprint density at radius 1 is 1.11 bits per heavy atom. The van der Waals surface area contributed by atoms with Crippen molar-refractivity contribution in [1.82, 2.24) is 15.0 Å². The highest BCUT2D eigenvalue weighted by atomic mass is 19.1. The molecule has 1 unspecified atom stereocenters. The molecule has 0 bridgehead atoms. The van der Waals surface area contributed by atoms with Gasteiger partial charge in [-0.25, -0.2) is 9.37 Å². The summed E-state index contributed by atoms with van der Waals surface area (Å²) in [6.07, 6.45) is 4.40. The van der Waals surface area contributed by atoms with E-state index in [-0.39, 0.29) is 11.9 Å². The van der Waals surface area contributed by atoms with Crippen molar-refractivity contribution in [2.24, 2.45) is 0 Å². The number of fused-ring (bicyclic) bond motifs is 1. The summed E-state index contributed by atoms with van der Waals surface area (Å²) in [5, 5.41) is 7.55. The van der Waals surface area contributed by atoms with Crippen LogP contribution in [0.15, 0.2) is 67.0 Å². The molecule has 5 nitrogen and oxygen atoms in total. The van der Waals surface area contributed by atoms with Gasteiger partial charge in [0.2, 0.25) is 5.95 Å². The summed E-state index contributed by atoms with van der Waals surface area (Å²) in [5.74, 6) is 1.11. The maximum absolute atomic E-state index is 13.5. The minimum absolute atomic E-state index is 0.144. The number of anilines is 2.